The van der Waals surface area contributed by atoms with Gasteiger partial charge in [-0.1, -0.05) is 6.92 Å². The Bertz CT molecular complexity index is 435. The van der Waals surface area contributed by atoms with E-state index in [1.807, 2.05) is 6.07 Å². The van der Waals surface area contributed by atoms with Gasteiger partial charge in [-0.25, -0.2) is 0 Å². The number of primary amides is 1. The maximum Gasteiger partial charge on any atom is 0.252 e. The summed E-state index contributed by atoms with van der Waals surface area (Å²) in [5.41, 5.74) is 6.86. The molecule has 2 heterocycles. The molecule has 1 aromatic heterocycles. The van der Waals surface area contributed by atoms with E-state index in [9.17, 15) is 4.79 Å². The SMILES string of the molecule is CCCN1CCCN(c2ccncc2C(N)=O)CC1. The fourth-order valence-corrected chi connectivity index (χ4v) is 2.60. The minimum atomic E-state index is -0.405. The number of carbonyl (C=O) groups excluding carboxylic acids is 1. The molecule has 5 heteroatoms. The molecule has 0 saturated carbocycles. The summed E-state index contributed by atoms with van der Waals surface area (Å²) in [6.07, 6.45) is 5.57. The zero-order chi connectivity index (χ0) is 13.7. The molecular weight excluding hydrogens is 240 g/mol. The van der Waals surface area contributed by atoms with Crippen LogP contribution in [0.1, 0.15) is 30.1 Å². The van der Waals surface area contributed by atoms with Crippen molar-refractivity contribution in [2.24, 2.45) is 5.73 Å². The van der Waals surface area contributed by atoms with E-state index < -0.39 is 5.91 Å². The van der Waals surface area contributed by atoms with Gasteiger partial charge >= 0.3 is 0 Å². The summed E-state index contributed by atoms with van der Waals surface area (Å²) in [5, 5.41) is 0. The summed E-state index contributed by atoms with van der Waals surface area (Å²) in [6, 6.07) is 1.88. The number of amides is 1. The van der Waals surface area contributed by atoms with Gasteiger partial charge in [0.1, 0.15) is 0 Å². The topological polar surface area (TPSA) is 62.5 Å². The molecule has 2 N–H and O–H groups in total. The highest BCUT2D eigenvalue weighted by atomic mass is 16.1. The van der Waals surface area contributed by atoms with E-state index in [0.717, 1.165) is 44.8 Å². The van der Waals surface area contributed by atoms with E-state index in [4.69, 9.17) is 5.73 Å². The molecule has 104 valence electrons. The van der Waals surface area contributed by atoms with E-state index in [1.165, 1.54) is 6.42 Å². The van der Waals surface area contributed by atoms with Crippen LogP contribution in [0, 0.1) is 0 Å². The molecular formula is C14H22N4O. The summed E-state index contributed by atoms with van der Waals surface area (Å²) in [6.45, 7) is 7.41. The molecule has 1 aliphatic rings. The quantitative estimate of drug-likeness (QED) is 0.882. The first-order valence-electron chi connectivity index (χ1n) is 6.93. The van der Waals surface area contributed by atoms with Crippen LogP contribution >= 0.6 is 0 Å². The van der Waals surface area contributed by atoms with Gasteiger partial charge in [-0.15, -0.1) is 0 Å². The van der Waals surface area contributed by atoms with Crippen LogP contribution in [0.5, 0.6) is 0 Å². The highest BCUT2D eigenvalue weighted by molar-refractivity contribution is 5.98. The molecule has 1 amide bonds. The van der Waals surface area contributed by atoms with Crippen molar-refractivity contribution in [1.29, 1.82) is 0 Å². The molecule has 0 bridgehead atoms. The molecule has 0 atom stereocenters. The summed E-state index contributed by atoms with van der Waals surface area (Å²) < 4.78 is 0. The van der Waals surface area contributed by atoms with Crippen LogP contribution in [0.4, 0.5) is 5.69 Å². The second-order valence-corrected chi connectivity index (χ2v) is 4.94. The zero-order valence-corrected chi connectivity index (χ0v) is 11.5. The average molecular weight is 262 g/mol. The van der Waals surface area contributed by atoms with Gasteiger partial charge in [-0.3, -0.25) is 9.78 Å². The van der Waals surface area contributed by atoms with Gasteiger partial charge in [0.2, 0.25) is 0 Å². The van der Waals surface area contributed by atoms with Gasteiger partial charge in [0.15, 0.2) is 0 Å². The molecule has 2 rings (SSSR count). The third kappa shape index (κ3) is 3.44. The van der Waals surface area contributed by atoms with Gasteiger partial charge in [0.25, 0.3) is 5.91 Å². The fraction of sp³-hybridized carbons (Fsp3) is 0.571. The Labute approximate surface area is 114 Å². The van der Waals surface area contributed by atoms with E-state index in [0.29, 0.717) is 5.56 Å². The second kappa shape index (κ2) is 6.52. The average Bonchev–Trinajstić information content (AvgIpc) is 2.65. The van der Waals surface area contributed by atoms with E-state index in [1.54, 1.807) is 12.4 Å². The number of pyridine rings is 1. The summed E-state index contributed by atoms with van der Waals surface area (Å²) >= 11 is 0. The van der Waals surface area contributed by atoms with E-state index in [-0.39, 0.29) is 0 Å². The molecule has 1 aliphatic heterocycles. The minimum absolute atomic E-state index is 0.405. The first kappa shape index (κ1) is 13.8. The van der Waals surface area contributed by atoms with Gasteiger partial charge < -0.3 is 15.5 Å². The van der Waals surface area contributed by atoms with E-state index >= 15 is 0 Å². The Kier molecular flexibility index (Phi) is 4.74. The predicted octanol–water partition coefficient (Wildman–Crippen LogP) is 1.10. The normalized spacial score (nSPS) is 17.2. The van der Waals surface area contributed by atoms with Crippen LogP contribution in [0.2, 0.25) is 0 Å². The Morgan fingerprint density at radius 2 is 2.21 bits per heavy atom. The number of carbonyl (C=O) groups is 1. The molecule has 5 nitrogen and oxygen atoms in total. The number of nitrogens with two attached hydrogens (primary N) is 1. The van der Waals surface area contributed by atoms with Crippen molar-refractivity contribution in [3.63, 3.8) is 0 Å². The zero-order valence-electron chi connectivity index (χ0n) is 11.5. The third-order valence-electron chi connectivity index (χ3n) is 3.53. The maximum absolute atomic E-state index is 11.5. The van der Waals surface area contributed by atoms with Gasteiger partial charge in [0.05, 0.1) is 11.3 Å². The number of hydrogen-bond donors (Lipinski definition) is 1. The number of anilines is 1. The van der Waals surface area contributed by atoms with Gasteiger partial charge in [0, 0.05) is 32.0 Å². The van der Waals surface area contributed by atoms with Crippen LogP contribution in [0.15, 0.2) is 18.5 Å². The van der Waals surface area contributed by atoms with Crippen molar-refractivity contribution < 1.29 is 4.79 Å². The van der Waals surface area contributed by atoms with E-state index in [2.05, 4.69) is 21.7 Å². The largest absolute Gasteiger partial charge is 0.369 e. The molecule has 1 saturated heterocycles. The molecule has 0 unspecified atom stereocenters. The number of aromatic nitrogens is 1. The first-order chi connectivity index (χ1) is 9.22. The molecule has 1 aromatic rings. The third-order valence-corrected chi connectivity index (χ3v) is 3.53. The molecule has 0 aromatic carbocycles. The minimum Gasteiger partial charge on any atom is -0.369 e. The molecule has 1 fully saturated rings. The lowest BCUT2D eigenvalue weighted by Gasteiger charge is -2.24. The monoisotopic (exact) mass is 262 g/mol. The second-order valence-electron chi connectivity index (χ2n) is 4.94. The van der Waals surface area contributed by atoms with Crippen LogP contribution in [-0.2, 0) is 0 Å². The smallest absolute Gasteiger partial charge is 0.252 e. The van der Waals surface area contributed by atoms with Crippen molar-refractivity contribution in [1.82, 2.24) is 9.88 Å². The first-order valence-corrected chi connectivity index (χ1v) is 6.93. The lowest BCUT2D eigenvalue weighted by atomic mass is 10.2. The number of hydrogen-bond acceptors (Lipinski definition) is 4. The number of nitrogens with zero attached hydrogens (tertiary/aromatic N) is 3. The Balaban J connectivity index is 2.12. The van der Waals surface area contributed by atoms with Crippen molar-refractivity contribution >= 4 is 11.6 Å². The predicted molar refractivity (Wildman–Crippen MR) is 76.3 cm³/mol. The Hall–Kier alpha value is -1.62. The van der Waals surface area contributed by atoms with Crippen LogP contribution in [0.25, 0.3) is 0 Å². The van der Waals surface area contributed by atoms with Crippen molar-refractivity contribution in [2.75, 3.05) is 37.6 Å². The van der Waals surface area contributed by atoms with Crippen molar-refractivity contribution in [2.45, 2.75) is 19.8 Å². The summed E-state index contributed by atoms with van der Waals surface area (Å²) in [7, 11) is 0. The van der Waals surface area contributed by atoms with Crippen molar-refractivity contribution in [3.8, 4) is 0 Å². The Morgan fingerprint density at radius 3 is 2.95 bits per heavy atom. The molecule has 19 heavy (non-hydrogen) atoms. The van der Waals surface area contributed by atoms with Gasteiger partial charge in [-0.05, 0) is 32.0 Å². The highest BCUT2D eigenvalue weighted by Crippen LogP contribution is 2.20. The molecule has 0 aliphatic carbocycles. The highest BCUT2D eigenvalue weighted by Gasteiger charge is 2.18. The lowest BCUT2D eigenvalue weighted by Crippen LogP contribution is -2.32. The Morgan fingerprint density at radius 1 is 1.37 bits per heavy atom. The lowest BCUT2D eigenvalue weighted by molar-refractivity contribution is 0.100. The van der Waals surface area contributed by atoms with Crippen molar-refractivity contribution in [3.05, 3.63) is 24.0 Å². The summed E-state index contributed by atoms with van der Waals surface area (Å²) in [4.78, 5) is 20.2. The standard InChI is InChI=1S/C14H22N4O/c1-2-6-17-7-3-8-18(10-9-17)13-4-5-16-11-12(13)14(15)19/h4-5,11H,2-3,6-10H2,1H3,(H2,15,19). The summed E-state index contributed by atoms with van der Waals surface area (Å²) in [5.74, 6) is -0.405. The van der Waals surface area contributed by atoms with Gasteiger partial charge in [-0.2, -0.15) is 0 Å². The fourth-order valence-electron chi connectivity index (χ4n) is 2.60. The molecule has 0 radical (unpaired) electrons. The number of rotatable bonds is 4. The van der Waals surface area contributed by atoms with Crippen LogP contribution < -0.4 is 10.6 Å². The maximum atomic E-state index is 11.5. The molecule has 0 spiro atoms. The van der Waals surface area contributed by atoms with Crippen LogP contribution in [0.3, 0.4) is 0 Å². The van der Waals surface area contributed by atoms with Crippen LogP contribution in [-0.4, -0.2) is 48.5 Å².